The van der Waals surface area contributed by atoms with Gasteiger partial charge in [-0.1, -0.05) is 0 Å². The molecule has 0 amide bonds. The summed E-state index contributed by atoms with van der Waals surface area (Å²) in [5.74, 6) is 0. The van der Waals surface area contributed by atoms with E-state index in [1.54, 1.807) is 12.4 Å². The van der Waals surface area contributed by atoms with E-state index in [0.29, 0.717) is 12.8 Å². The summed E-state index contributed by atoms with van der Waals surface area (Å²) in [6.07, 6.45) is 3.46. The van der Waals surface area contributed by atoms with Crippen LogP contribution in [0.25, 0.3) is 11.4 Å². The standard InChI is InChI=1S/C24H22N2O2.2C5H5.2Fe/c27-23(19-5-1-2-6-19)15-17-9-11-25-21(13-17)22-14-18(10-12-26-22)16-24(28)20-7-3-4-8-20;2*1-2-4-5-3-1;;/h1-14,23-24,27-28H,15-16H2;2*1-5H;;/q-2;2*-1;2*+2. The Morgan fingerprint density at radius 3 is 1.25 bits per heavy atom. The molecule has 4 aromatic carbocycles. The van der Waals surface area contributed by atoms with Crippen LogP contribution in [0, 0.1) is 0 Å². The number of hydrogen-bond acceptors (Lipinski definition) is 4. The predicted molar refractivity (Wildman–Crippen MR) is 153 cm³/mol. The van der Waals surface area contributed by atoms with Gasteiger partial charge in [0.15, 0.2) is 0 Å². The second-order valence-corrected chi connectivity index (χ2v) is 8.90. The van der Waals surface area contributed by atoms with Crippen molar-refractivity contribution in [1.29, 1.82) is 0 Å². The molecule has 2 atom stereocenters. The van der Waals surface area contributed by atoms with Gasteiger partial charge in [0.1, 0.15) is 0 Å². The molecule has 0 radical (unpaired) electrons. The second-order valence-electron chi connectivity index (χ2n) is 8.90. The van der Waals surface area contributed by atoms with E-state index in [2.05, 4.69) is 9.97 Å². The molecule has 0 bridgehead atoms. The normalized spacial score (nSPS) is 11.3. The first kappa shape index (κ1) is 32.9. The molecular weight excluding hydrogens is 580 g/mol. The summed E-state index contributed by atoms with van der Waals surface area (Å²) in [7, 11) is 0. The smallest absolute Gasteiger partial charge is 0.390 e. The van der Waals surface area contributed by atoms with Gasteiger partial charge in [0.25, 0.3) is 0 Å². The van der Waals surface area contributed by atoms with Crippen molar-refractivity contribution in [2.45, 2.75) is 25.0 Å². The quantitative estimate of drug-likeness (QED) is 0.152. The molecule has 2 aromatic heterocycles. The zero-order valence-electron chi connectivity index (χ0n) is 21.9. The topological polar surface area (TPSA) is 66.2 Å². The Morgan fingerprint density at radius 2 is 0.950 bits per heavy atom. The minimum absolute atomic E-state index is 0. The number of aromatic nitrogens is 2. The number of aliphatic hydroxyl groups excluding tert-OH is 2. The van der Waals surface area contributed by atoms with Crippen LogP contribution in [0.15, 0.2) is 146 Å². The Morgan fingerprint density at radius 1 is 0.550 bits per heavy atom. The Labute approximate surface area is 257 Å². The summed E-state index contributed by atoms with van der Waals surface area (Å²) >= 11 is 0. The number of aliphatic hydroxyl groups is 2. The predicted octanol–water partition coefficient (Wildman–Crippen LogP) is 6.94. The molecule has 40 heavy (non-hydrogen) atoms. The van der Waals surface area contributed by atoms with Crippen molar-refractivity contribution in [3.05, 3.63) is 168 Å². The molecule has 0 aliphatic heterocycles. The number of hydrogen-bond donors (Lipinski definition) is 2. The SMILES string of the molecule is OC(Cc1ccnc(-c2cc(CC(O)c3ccc[cH-]3)ccn2)c1)c1ccc[cH-]1.[Fe+2].[Fe+2].c1cc[cH-]c1.c1cc[cH-]c1. The maximum Gasteiger partial charge on any atom is 2.00 e. The first-order valence-corrected chi connectivity index (χ1v) is 12.7. The van der Waals surface area contributed by atoms with E-state index in [-0.39, 0.29) is 34.1 Å². The van der Waals surface area contributed by atoms with E-state index < -0.39 is 12.2 Å². The molecule has 2 unspecified atom stereocenters. The molecule has 0 saturated heterocycles. The largest absolute Gasteiger partial charge is 2.00 e. The van der Waals surface area contributed by atoms with Crippen LogP contribution in [0.3, 0.4) is 0 Å². The van der Waals surface area contributed by atoms with Crippen molar-refractivity contribution in [2.24, 2.45) is 0 Å². The molecule has 0 fully saturated rings. The molecule has 0 saturated carbocycles. The van der Waals surface area contributed by atoms with Crippen LogP contribution in [0.1, 0.15) is 34.5 Å². The van der Waals surface area contributed by atoms with Crippen molar-refractivity contribution in [3.63, 3.8) is 0 Å². The summed E-state index contributed by atoms with van der Waals surface area (Å²) in [4.78, 5) is 8.89. The van der Waals surface area contributed by atoms with Crippen molar-refractivity contribution < 1.29 is 44.4 Å². The average Bonchev–Trinajstić information content (AvgIpc) is 3.77. The fourth-order valence-corrected chi connectivity index (χ4v) is 4.03. The van der Waals surface area contributed by atoms with Crippen molar-refractivity contribution >= 4 is 0 Å². The summed E-state index contributed by atoms with van der Waals surface area (Å²) in [6.45, 7) is 0. The van der Waals surface area contributed by atoms with Crippen molar-refractivity contribution in [2.75, 3.05) is 0 Å². The second kappa shape index (κ2) is 18.1. The van der Waals surface area contributed by atoms with Gasteiger partial charge in [-0.2, -0.15) is 60.7 Å². The Balaban J connectivity index is 0.000000392. The molecule has 6 aromatic rings. The third-order valence-corrected chi connectivity index (χ3v) is 6.03. The van der Waals surface area contributed by atoms with Crippen molar-refractivity contribution in [1.82, 2.24) is 9.97 Å². The number of pyridine rings is 2. The van der Waals surface area contributed by atoms with Crippen LogP contribution in [0.5, 0.6) is 0 Å². The molecule has 206 valence electrons. The van der Waals surface area contributed by atoms with E-state index in [1.807, 2.05) is 133 Å². The maximum absolute atomic E-state index is 10.4. The van der Waals surface area contributed by atoms with Gasteiger partial charge in [-0.15, -0.1) is 11.1 Å². The number of rotatable bonds is 7. The fraction of sp³-hybridized carbons (Fsp3) is 0.118. The third kappa shape index (κ3) is 10.7. The molecule has 0 spiro atoms. The molecule has 0 aliphatic rings. The monoisotopic (exact) mass is 612 g/mol. The van der Waals surface area contributed by atoms with E-state index >= 15 is 0 Å². The average molecular weight is 612 g/mol. The summed E-state index contributed by atoms with van der Waals surface area (Å²) in [5.41, 5.74) is 5.36. The molecule has 6 rings (SSSR count). The van der Waals surface area contributed by atoms with Crippen LogP contribution in [0.4, 0.5) is 0 Å². The van der Waals surface area contributed by atoms with Gasteiger partial charge in [-0.3, -0.25) is 9.97 Å². The first-order chi connectivity index (χ1) is 18.7. The van der Waals surface area contributed by atoms with E-state index in [0.717, 1.165) is 33.6 Å². The van der Waals surface area contributed by atoms with Crippen LogP contribution < -0.4 is 0 Å². The van der Waals surface area contributed by atoms with Crippen molar-refractivity contribution in [3.8, 4) is 11.4 Å². The summed E-state index contributed by atoms with van der Waals surface area (Å²) in [5, 5.41) is 20.8. The minimum Gasteiger partial charge on any atom is -0.390 e. The van der Waals surface area contributed by atoms with Gasteiger partial charge in [-0.25, -0.2) is 48.5 Å². The Hall–Kier alpha value is -3.34. The summed E-state index contributed by atoms with van der Waals surface area (Å²) in [6, 6.07) is 43.2. The van der Waals surface area contributed by atoms with Gasteiger partial charge in [0.05, 0.1) is 23.6 Å². The third-order valence-electron chi connectivity index (χ3n) is 6.03. The van der Waals surface area contributed by atoms with Gasteiger partial charge >= 0.3 is 34.1 Å². The van der Waals surface area contributed by atoms with Crippen LogP contribution in [0.2, 0.25) is 0 Å². The molecule has 6 heteroatoms. The first-order valence-electron chi connectivity index (χ1n) is 12.7. The van der Waals surface area contributed by atoms with Gasteiger partial charge in [-0.05, 0) is 35.4 Å². The van der Waals surface area contributed by atoms with Crippen LogP contribution in [-0.4, -0.2) is 20.2 Å². The summed E-state index contributed by atoms with van der Waals surface area (Å²) < 4.78 is 0. The molecular formula is C34H32Fe2N2O2. The Bertz CT molecular complexity index is 1250. The van der Waals surface area contributed by atoms with Gasteiger partial charge < -0.3 is 10.2 Å². The van der Waals surface area contributed by atoms with Crippen LogP contribution >= 0.6 is 0 Å². The van der Waals surface area contributed by atoms with E-state index in [9.17, 15) is 10.2 Å². The molecule has 4 nitrogen and oxygen atoms in total. The van der Waals surface area contributed by atoms with Gasteiger partial charge in [0, 0.05) is 25.2 Å². The van der Waals surface area contributed by atoms with E-state index in [4.69, 9.17) is 0 Å². The Kier molecular flexibility index (Phi) is 14.9. The minimum atomic E-state index is -0.538. The number of nitrogens with zero attached hydrogens (tertiary/aromatic N) is 2. The molecule has 2 N–H and O–H groups in total. The van der Waals surface area contributed by atoms with Gasteiger partial charge in [0.2, 0.25) is 0 Å². The zero-order chi connectivity index (χ0) is 26.4. The van der Waals surface area contributed by atoms with Crippen LogP contribution in [-0.2, 0) is 47.0 Å². The van der Waals surface area contributed by atoms with E-state index in [1.165, 1.54) is 0 Å². The maximum atomic E-state index is 10.4. The zero-order valence-corrected chi connectivity index (χ0v) is 24.1. The fourth-order valence-electron chi connectivity index (χ4n) is 4.03. The molecule has 0 aliphatic carbocycles. The molecule has 2 heterocycles.